The fraction of sp³-hybridized carbons (Fsp3) is 0.357. The molecule has 2 aromatic carbocycles. The van der Waals surface area contributed by atoms with Crippen molar-refractivity contribution in [2.45, 2.75) is 26.8 Å². The van der Waals surface area contributed by atoms with Crippen molar-refractivity contribution in [3.8, 4) is 11.5 Å². The molecule has 36 heavy (non-hydrogen) atoms. The Morgan fingerprint density at radius 3 is 2.47 bits per heavy atom. The molecule has 0 saturated carbocycles. The van der Waals surface area contributed by atoms with Crippen LogP contribution in [0.25, 0.3) is 11.0 Å². The number of methoxy groups -OCH3 is 1. The second-order valence-corrected chi connectivity index (χ2v) is 8.51. The van der Waals surface area contributed by atoms with Crippen LogP contribution in [0.4, 0.5) is 0 Å². The summed E-state index contributed by atoms with van der Waals surface area (Å²) < 4.78 is 16.8. The lowest BCUT2D eigenvalue weighted by atomic mass is 9.95. The van der Waals surface area contributed by atoms with Gasteiger partial charge < -0.3 is 28.8 Å². The number of Topliss-reactive ketones (excluding diaryl/α,β-unsaturated/α-hetero) is 1. The molecular weight excluding hydrogens is 460 g/mol. The van der Waals surface area contributed by atoms with E-state index >= 15 is 0 Å². The topological polar surface area (TPSA) is 92.4 Å². The standard InChI is InChI=1S/C28H32N2O6/c1-5-29(6-2)15-16-30-24(18-11-13-20(14-12-18)35-7-3)23(26(32)28(30)33)25(31)22-17-19-9-8-10-21(34-4)27(19)36-22/h8-14,17,24,32H,5-7,15-16H2,1-4H3/t24-/m1/s1. The zero-order valence-corrected chi connectivity index (χ0v) is 21.1. The maximum atomic E-state index is 13.8. The van der Waals surface area contributed by atoms with Crippen molar-refractivity contribution < 1.29 is 28.6 Å². The molecule has 1 N–H and O–H groups in total. The highest BCUT2D eigenvalue weighted by Gasteiger charge is 2.44. The van der Waals surface area contributed by atoms with Crippen molar-refractivity contribution in [3.05, 3.63) is 71.2 Å². The van der Waals surface area contributed by atoms with Crippen molar-refractivity contribution >= 4 is 22.7 Å². The zero-order chi connectivity index (χ0) is 25.8. The van der Waals surface area contributed by atoms with Gasteiger partial charge in [-0.2, -0.15) is 0 Å². The molecule has 8 nitrogen and oxygen atoms in total. The number of hydrogen-bond donors (Lipinski definition) is 1. The molecule has 4 rings (SSSR count). The number of para-hydroxylation sites is 1. The number of aliphatic hydroxyl groups excluding tert-OH is 1. The highest BCUT2D eigenvalue weighted by Crippen LogP contribution is 2.40. The first-order valence-electron chi connectivity index (χ1n) is 12.2. The van der Waals surface area contributed by atoms with E-state index in [1.54, 1.807) is 35.2 Å². The Labute approximate surface area is 210 Å². The Bertz CT molecular complexity index is 1270. The third kappa shape index (κ3) is 4.68. The summed E-state index contributed by atoms with van der Waals surface area (Å²) in [6.45, 7) is 9.17. The molecule has 2 heterocycles. The monoisotopic (exact) mass is 492 g/mol. The molecule has 190 valence electrons. The van der Waals surface area contributed by atoms with Gasteiger partial charge in [-0.05, 0) is 49.8 Å². The Morgan fingerprint density at radius 2 is 1.83 bits per heavy atom. The third-order valence-electron chi connectivity index (χ3n) is 6.56. The second-order valence-electron chi connectivity index (χ2n) is 8.51. The number of nitrogens with zero attached hydrogens (tertiary/aromatic N) is 2. The van der Waals surface area contributed by atoms with Crippen LogP contribution in [0.3, 0.4) is 0 Å². The predicted octanol–water partition coefficient (Wildman–Crippen LogP) is 4.76. The van der Waals surface area contributed by atoms with Crippen molar-refractivity contribution in [1.82, 2.24) is 9.80 Å². The zero-order valence-electron chi connectivity index (χ0n) is 21.1. The quantitative estimate of drug-likeness (QED) is 0.386. The number of ether oxygens (including phenoxy) is 2. The van der Waals surface area contributed by atoms with Gasteiger partial charge in [0.15, 0.2) is 22.9 Å². The van der Waals surface area contributed by atoms with E-state index in [1.165, 1.54) is 7.11 Å². The SMILES string of the molecule is CCOc1ccc([C@@H]2C(C(=O)c3cc4cccc(OC)c4o3)=C(O)C(=O)N2CCN(CC)CC)cc1. The number of benzene rings is 2. The summed E-state index contributed by atoms with van der Waals surface area (Å²) in [4.78, 5) is 30.7. The number of carbonyl (C=O) groups excluding carboxylic acids is 2. The molecule has 0 radical (unpaired) electrons. The van der Waals surface area contributed by atoms with E-state index in [9.17, 15) is 14.7 Å². The fourth-order valence-corrected chi connectivity index (χ4v) is 4.61. The number of hydrogen-bond acceptors (Lipinski definition) is 7. The number of rotatable bonds is 11. The predicted molar refractivity (Wildman–Crippen MR) is 137 cm³/mol. The molecule has 1 amide bonds. The summed E-state index contributed by atoms with van der Waals surface area (Å²) >= 11 is 0. The number of aliphatic hydroxyl groups is 1. The Balaban J connectivity index is 1.75. The van der Waals surface area contributed by atoms with Gasteiger partial charge in [0, 0.05) is 18.5 Å². The van der Waals surface area contributed by atoms with Gasteiger partial charge in [0.25, 0.3) is 5.91 Å². The molecule has 1 aliphatic heterocycles. The van der Waals surface area contributed by atoms with E-state index in [1.807, 2.05) is 25.1 Å². The maximum absolute atomic E-state index is 13.8. The van der Waals surface area contributed by atoms with Gasteiger partial charge >= 0.3 is 0 Å². The molecule has 1 atom stereocenters. The second kappa shape index (κ2) is 10.9. The molecule has 0 spiro atoms. The smallest absolute Gasteiger partial charge is 0.290 e. The van der Waals surface area contributed by atoms with Crippen LogP contribution in [0.5, 0.6) is 11.5 Å². The lowest BCUT2D eigenvalue weighted by Gasteiger charge is -2.29. The first-order chi connectivity index (χ1) is 17.4. The van der Waals surface area contributed by atoms with Crippen LogP contribution < -0.4 is 9.47 Å². The van der Waals surface area contributed by atoms with Gasteiger partial charge in [-0.25, -0.2) is 0 Å². The summed E-state index contributed by atoms with van der Waals surface area (Å²) in [7, 11) is 1.53. The summed E-state index contributed by atoms with van der Waals surface area (Å²) in [6, 6.07) is 13.5. The molecule has 0 fully saturated rings. The van der Waals surface area contributed by atoms with Gasteiger partial charge in [0.1, 0.15) is 5.75 Å². The molecule has 8 heteroatoms. The first-order valence-corrected chi connectivity index (χ1v) is 12.2. The van der Waals surface area contributed by atoms with Crippen LogP contribution in [0, 0.1) is 0 Å². The average molecular weight is 493 g/mol. The lowest BCUT2D eigenvalue weighted by Crippen LogP contribution is -2.38. The molecule has 0 unspecified atom stereocenters. The molecule has 0 saturated heterocycles. The normalized spacial score (nSPS) is 15.9. The summed E-state index contributed by atoms with van der Waals surface area (Å²) in [5, 5.41) is 11.6. The van der Waals surface area contributed by atoms with E-state index in [0.29, 0.717) is 47.7 Å². The Kier molecular flexibility index (Phi) is 7.64. The van der Waals surface area contributed by atoms with E-state index in [0.717, 1.165) is 13.1 Å². The Morgan fingerprint density at radius 1 is 1.11 bits per heavy atom. The maximum Gasteiger partial charge on any atom is 0.290 e. The van der Waals surface area contributed by atoms with Crippen molar-refractivity contribution in [3.63, 3.8) is 0 Å². The van der Waals surface area contributed by atoms with Crippen LogP contribution in [0.1, 0.15) is 42.9 Å². The van der Waals surface area contributed by atoms with Gasteiger partial charge in [-0.15, -0.1) is 0 Å². The average Bonchev–Trinajstić information content (AvgIpc) is 3.44. The van der Waals surface area contributed by atoms with Gasteiger partial charge in [-0.1, -0.05) is 38.1 Å². The van der Waals surface area contributed by atoms with Crippen molar-refractivity contribution in [1.29, 1.82) is 0 Å². The van der Waals surface area contributed by atoms with Gasteiger partial charge in [0.2, 0.25) is 5.78 Å². The highest BCUT2D eigenvalue weighted by molar-refractivity contribution is 6.16. The van der Waals surface area contributed by atoms with Crippen LogP contribution >= 0.6 is 0 Å². The molecule has 0 bridgehead atoms. The number of furan rings is 1. The summed E-state index contributed by atoms with van der Waals surface area (Å²) in [5.41, 5.74) is 1.14. The van der Waals surface area contributed by atoms with Gasteiger partial charge in [0.05, 0.1) is 25.3 Å². The molecular formula is C28H32N2O6. The summed E-state index contributed by atoms with van der Waals surface area (Å²) in [6.07, 6.45) is 0. The minimum atomic E-state index is -0.758. The minimum Gasteiger partial charge on any atom is -0.503 e. The number of amides is 1. The molecule has 3 aromatic rings. The first kappa shape index (κ1) is 25.3. The molecule has 0 aliphatic carbocycles. The van der Waals surface area contributed by atoms with Crippen LogP contribution in [-0.2, 0) is 4.79 Å². The molecule has 1 aromatic heterocycles. The fourth-order valence-electron chi connectivity index (χ4n) is 4.61. The van der Waals surface area contributed by atoms with E-state index < -0.39 is 23.5 Å². The van der Waals surface area contributed by atoms with Crippen molar-refractivity contribution in [2.75, 3.05) is 39.9 Å². The third-order valence-corrected chi connectivity index (χ3v) is 6.56. The van der Waals surface area contributed by atoms with Crippen molar-refractivity contribution in [2.24, 2.45) is 0 Å². The van der Waals surface area contributed by atoms with Gasteiger partial charge in [-0.3, -0.25) is 9.59 Å². The van der Waals surface area contributed by atoms with E-state index in [4.69, 9.17) is 13.9 Å². The molecule has 1 aliphatic rings. The summed E-state index contributed by atoms with van der Waals surface area (Å²) in [5.74, 6) is -0.445. The van der Waals surface area contributed by atoms with E-state index in [2.05, 4.69) is 18.7 Å². The lowest BCUT2D eigenvalue weighted by molar-refractivity contribution is -0.129. The van der Waals surface area contributed by atoms with Crippen LogP contribution in [-0.4, -0.2) is 66.5 Å². The van der Waals surface area contributed by atoms with E-state index in [-0.39, 0.29) is 11.3 Å². The Hall–Kier alpha value is -3.78. The van der Waals surface area contributed by atoms with Crippen LogP contribution in [0.2, 0.25) is 0 Å². The number of carbonyl (C=O) groups is 2. The number of likely N-dealkylation sites (N-methyl/N-ethyl adjacent to an activating group) is 1. The largest absolute Gasteiger partial charge is 0.503 e. The number of fused-ring (bicyclic) bond motifs is 1. The van der Waals surface area contributed by atoms with Crippen LogP contribution in [0.15, 0.2) is 64.3 Å². The number of ketones is 1. The highest BCUT2D eigenvalue weighted by atomic mass is 16.5. The minimum absolute atomic E-state index is 0.00160.